The summed E-state index contributed by atoms with van der Waals surface area (Å²) in [6.45, 7) is 12.7. The van der Waals surface area contributed by atoms with Crippen molar-refractivity contribution in [2.24, 2.45) is 0 Å². The number of ether oxygens (including phenoxy) is 2. The van der Waals surface area contributed by atoms with E-state index < -0.39 is 0 Å². The third-order valence-corrected chi connectivity index (χ3v) is 6.84. The van der Waals surface area contributed by atoms with Crippen LogP contribution in [0.1, 0.15) is 35.3 Å². The molecule has 0 spiro atoms. The average Bonchev–Trinajstić information content (AvgIpc) is 3.20. The molecule has 2 aromatic carbocycles. The highest BCUT2D eigenvalue weighted by molar-refractivity contribution is 7.22. The molecule has 1 amide bonds. The van der Waals surface area contributed by atoms with Gasteiger partial charge in [-0.15, -0.1) is 0 Å². The number of hydrogen-bond donors (Lipinski definition) is 0. The number of hydrogen-bond acceptors (Lipinski definition) is 6. The molecule has 6 nitrogen and oxygen atoms in total. The number of halogens is 1. The van der Waals surface area contributed by atoms with Crippen LogP contribution >= 0.6 is 11.3 Å². The minimum atomic E-state index is -0.0717. The molecule has 0 unspecified atom stereocenters. The molecular formula is C24H29ClN3O3S-. The third kappa shape index (κ3) is 5.00. The van der Waals surface area contributed by atoms with Crippen molar-refractivity contribution in [2.75, 3.05) is 44.3 Å². The van der Waals surface area contributed by atoms with E-state index in [1.807, 2.05) is 17.0 Å². The second-order valence-electron chi connectivity index (χ2n) is 7.77. The SMILES string of the molecule is CCN(CC)CCN(C(=O)c1ccc2c(c1)OCCO2)c1nc2cc(C)cc(C)c2s1.[Cl-]. The monoisotopic (exact) mass is 474 g/mol. The molecule has 2 heterocycles. The Morgan fingerprint density at radius 2 is 1.75 bits per heavy atom. The van der Waals surface area contributed by atoms with E-state index in [2.05, 4.69) is 44.7 Å². The Labute approximate surface area is 199 Å². The fourth-order valence-electron chi connectivity index (χ4n) is 3.88. The summed E-state index contributed by atoms with van der Waals surface area (Å²) in [7, 11) is 0. The van der Waals surface area contributed by atoms with Gasteiger partial charge in [0.2, 0.25) is 0 Å². The van der Waals surface area contributed by atoms with E-state index in [9.17, 15) is 4.79 Å². The minimum absolute atomic E-state index is 0. The normalized spacial score (nSPS) is 12.7. The first-order chi connectivity index (χ1) is 15.0. The van der Waals surface area contributed by atoms with Crippen molar-refractivity contribution in [3.63, 3.8) is 0 Å². The zero-order valence-electron chi connectivity index (χ0n) is 19.0. The van der Waals surface area contributed by atoms with Gasteiger partial charge < -0.3 is 26.8 Å². The smallest absolute Gasteiger partial charge is 0.260 e. The van der Waals surface area contributed by atoms with E-state index in [1.165, 1.54) is 11.1 Å². The van der Waals surface area contributed by atoms with Crippen LogP contribution in [0.3, 0.4) is 0 Å². The molecule has 0 radical (unpaired) electrons. The summed E-state index contributed by atoms with van der Waals surface area (Å²) in [5.41, 5.74) is 3.89. The Morgan fingerprint density at radius 1 is 1.03 bits per heavy atom. The first kappa shape index (κ1) is 24.3. The summed E-state index contributed by atoms with van der Waals surface area (Å²) >= 11 is 1.58. The van der Waals surface area contributed by atoms with Crippen molar-refractivity contribution in [2.45, 2.75) is 27.7 Å². The van der Waals surface area contributed by atoms with Crippen molar-refractivity contribution in [3.8, 4) is 11.5 Å². The zero-order chi connectivity index (χ0) is 22.0. The number of nitrogens with zero attached hydrogens (tertiary/aromatic N) is 3. The second-order valence-corrected chi connectivity index (χ2v) is 8.75. The van der Waals surface area contributed by atoms with E-state index >= 15 is 0 Å². The van der Waals surface area contributed by atoms with Gasteiger partial charge in [-0.05, 0) is 62.3 Å². The van der Waals surface area contributed by atoms with Crippen LogP contribution in [0.15, 0.2) is 30.3 Å². The Morgan fingerprint density at radius 3 is 2.47 bits per heavy atom. The molecule has 8 heteroatoms. The van der Waals surface area contributed by atoms with Gasteiger partial charge in [0.1, 0.15) is 13.2 Å². The summed E-state index contributed by atoms with van der Waals surface area (Å²) in [5, 5.41) is 0.732. The number of aromatic nitrogens is 1. The number of aryl methyl sites for hydroxylation is 2. The highest BCUT2D eigenvalue weighted by Gasteiger charge is 2.24. The second kappa shape index (κ2) is 10.5. The molecule has 4 rings (SSSR count). The number of amides is 1. The lowest BCUT2D eigenvalue weighted by molar-refractivity contribution is -0.0000146. The molecule has 0 fully saturated rings. The quantitative estimate of drug-likeness (QED) is 0.521. The van der Waals surface area contributed by atoms with Crippen LogP contribution in [0.4, 0.5) is 5.13 Å². The van der Waals surface area contributed by atoms with E-state index in [1.54, 1.807) is 17.4 Å². The Hall–Kier alpha value is -2.35. The maximum atomic E-state index is 13.6. The highest BCUT2D eigenvalue weighted by atomic mass is 35.5. The van der Waals surface area contributed by atoms with Crippen LogP contribution in [0.5, 0.6) is 11.5 Å². The maximum Gasteiger partial charge on any atom is 0.260 e. The summed E-state index contributed by atoms with van der Waals surface area (Å²) in [4.78, 5) is 22.6. The van der Waals surface area contributed by atoms with Gasteiger partial charge in [-0.3, -0.25) is 9.69 Å². The molecule has 32 heavy (non-hydrogen) atoms. The van der Waals surface area contributed by atoms with Gasteiger partial charge >= 0.3 is 0 Å². The Kier molecular flexibility index (Phi) is 7.98. The molecule has 1 aliphatic heterocycles. The van der Waals surface area contributed by atoms with Gasteiger partial charge in [0.05, 0.1) is 10.2 Å². The van der Waals surface area contributed by atoms with Crippen LogP contribution < -0.4 is 26.8 Å². The van der Waals surface area contributed by atoms with Gasteiger partial charge in [-0.25, -0.2) is 4.98 Å². The van der Waals surface area contributed by atoms with Gasteiger partial charge in [0.15, 0.2) is 16.6 Å². The standard InChI is InChI=1S/C24H29N3O3S.ClH/c1-5-26(6-2)9-10-27(24-25-19-14-16(3)13-17(4)22(19)31-24)23(28)18-7-8-20-21(15-18)30-12-11-29-20;/h7-8,13-15H,5-6,9-12H2,1-4H3;1H/p-1. The zero-order valence-corrected chi connectivity index (χ0v) is 20.6. The Bertz CT molecular complexity index is 1100. The molecule has 0 saturated heterocycles. The highest BCUT2D eigenvalue weighted by Crippen LogP contribution is 2.35. The molecule has 1 aromatic heterocycles. The molecule has 0 saturated carbocycles. The van der Waals surface area contributed by atoms with Crippen molar-refractivity contribution in [1.82, 2.24) is 9.88 Å². The average molecular weight is 475 g/mol. The lowest BCUT2D eigenvalue weighted by atomic mass is 10.1. The molecule has 3 aromatic rings. The molecule has 1 aliphatic rings. The maximum absolute atomic E-state index is 13.6. The lowest BCUT2D eigenvalue weighted by Gasteiger charge is -2.25. The number of anilines is 1. The topological polar surface area (TPSA) is 54.9 Å². The van der Waals surface area contributed by atoms with Crippen LogP contribution in [0.2, 0.25) is 0 Å². The molecule has 0 N–H and O–H groups in total. The number of thiazole rings is 1. The van der Waals surface area contributed by atoms with Crippen LogP contribution in [0.25, 0.3) is 10.2 Å². The summed E-state index contributed by atoms with van der Waals surface area (Å²) in [6, 6.07) is 9.65. The number of likely N-dealkylation sites (N-methyl/N-ethyl adjacent to an activating group) is 1. The van der Waals surface area contributed by atoms with Crippen LogP contribution in [-0.4, -0.2) is 55.2 Å². The van der Waals surface area contributed by atoms with Crippen molar-refractivity contribution >= 4 is 32.6 Å². The van der Waals surface area contributed by atoms with Gasteiger partial charge in [0, 0.05) is 18.7 Å². The minimum Gasteiger partial charge on any atom is -1.00 e. The number of carbonyl (C=O) groups excluding carboxylic acids is 1. The van der Waals surface area contributed by atoms with Crippen molar-refractivity contribution in [1.29, 1.82) is 0 Å². The van der Waals surface area contributed by atoms with E-state index in [0.717, 1.165) is 35.0 Å². The van der Waals surface area contributed by atoms with Gasteiger partial charge in [-0.1, -0.05) is 31.3 Å². The predicted octanol–water partition coefficient (Wildman–Crippen LogP) is 1.68. The largest absolute Gasteiger partial charge is 1.00 e. The predicted molar refractivity (Wildman–Crippen MR) is 126 cm³/mol. The first-order valence-electron chi connectivity index (χ1n) is 10.8. The van der Waals surface area contributed by atoms with Crippen LogP contribution in [-0.2, 0) is 0 Å². The fourth-order valence-corrected chi connectivity index (χ4v) is 4.92. The number of benzene rings is 2. The van der Waals surface area contributed by atoms with Crippen LogP contribution in [0, 0.1) is 13.8 Å². The third-order valence-electron chi connectivity index (χ3n) is 5.61. The fraction of sp³-hybridized carbons (Fsp3) is 0.417. The molecular weight excluding hydrogens is 446 g/mol. The molecule has 0 aliphatic carbocycles. The number of fused-ring (bicyclic) bond motifs is 2. The van der Waals surface area contributed by atoms with E-state index in [4.69, 9.17) is 14.5 Å². The van der Waals surface area contributed by atoms with Gasteiger partial charge in [0.25, 0.3) is 5.91 Å². The van der Waals surface area contributed by atoms with E-state index in [-0.39, 0.29) is 18.3 Å². The summed E-state index contributed by atoms with van der Waals surface area (Å²) in [6.07, 6.45) is 0. The van der Waals surface area contributed by atoms with E-state index in [0.29, 0.717) is 36.8 Å². The number of rotatable bonds is 7. The van der Waals surface area contributed by atoms with Crippen molar-refractivity contribution < 1.29 is 26.7 Å². The van der Waals surface area contributed by atoms with Gasteiger partial charge in [-0.2, -0.15) is 0 Å². The molecule has 172 valence electrons. The Balaban J connectivity index is 0.00000289. The summed E-state index contributed by atoms with van der Waals surface area (Å²) < 4.78 is 12.4. The number of carbonyl (C=O) groups is 1. The first-order valence-corrected chi connectivity index (χ1v) is 11.6. The molecule has 0 bridgehead atoms. The lowest BCUT2D eigenvalue weighted by Crippen LogP contribution is -3.00. The molecule has 0 atom stereocenters. The van der Waals surface area contributed by atoms with Crippen molar-refractivity contribution in [3.05, 3.63) is 47.0 Å². The summed E-state index contributed by atoms with van der Waals surface area (Å²) in [5.74, 6) is 1.23.